The summed E-state index contributed by atoms with van der Waals surface area (Å²) in [7, 11) is 7.99. The number of piperidine rings is 2. The van der Waals surface area contributed by atoms with Crippen molar-refractivity contribution >= 4 is 11.7 Å². The van der Waals surface area contributed by atoms with E-state index in [0.29, 0.717) is 0 Å². The molecular weight excluding hydrogens is 524 g/mol. The van der Waals surface area contributed by atoms with Crippen LogP contribution >= 0.6 is 0 Å². The first kappa shape index (κ1) is 27.7. The third-order valence-electron chi connectivity index (χ3n) is 11.0. The summed E-state index contributed by atoms with van der Waals surface area (Å²) in [5, 5.41) is 7.53. The number of hydrogen-bond acceptors (Lipinski definition) is 8. The molecule has 224 valence electrons. The Morgan fingerprint density at radius 1 is 0.643 bits per heavy atom. The molecule has 2 N–H and O–H groups in total. The molecular formula is C34H46N6O2. The van der Waals surface area contributed by atoms with E-state index in [0.717, 1.165) is 71.6 Å². The number of rotatable bonds is 4. The lowest BCUT2D eigenvalue weighted by Gasteiger charge is -2.43. The minimum Gasteiger partial charge on any atom is -0.497 e. The number of ether oxygens (including phenoxy) is 2. The van der Waals surface area contributed by atoms with Gasteiger partial charge in [-0.3, -0.25) is 9.98 Å². The minimum absolute atomic E-state index is 0.191. The Morgan fingerprint density at radius 2 is 1.02 bits per heavy atom. The third-order valence-corrected chi connectivity index (χ3v) is 11.0. The van der Waals surface area contributed by atoms with Gasteiger partial charge in [-0.25, -0.2) is 0 Å². The van der Waals surface area contributed by atoms with Crippen molar-refractivity contribution in [3.8, 4) is 11.5 Å². The molecule has 6 atom stereocenters. The molecule has 2 unspecified atom stereocenters. The molecule has 4 bridgehead atoms. The zero-order chi connectivity index (χ0) is 28.9. The first-order valence-electron chi connectivity index (χ1n) is 15.8. The lowest BCUT2D eigenvalue weighted by Crippen LogP contribution is -2.57. The molecule has 0 aliphatic carbocycles. The average Bonchev–Trinajstić information content (AvgIpc) is 3.72. The van der Waals surface area contributed by atoms with Crippen LogP contribution in [0.3, 0.4) is 0 Å². The Kier molecular flexibility index (Phi) is 7.17. The van der Waals surface area contributed by atoms with E-state index in [9.17, 15) is 0 Å². The first-order chi connectivity index (χ1) is 20.4. The number of methoxy groups -OCH3 is 2. The van der Waals surface area contributed by atoms with Crippen molar-refractivity contribution in [3.05, 3.63) is 59.7 Å². The van der Waals surface area contributed by atoms with Crippen LogP contribution in [0, 0.1) is 0 Å². The second-order valence-electron chi connectivity index (χ2n) is 13.5. The summed E-state index contributed by atoms with van der Waals surface area (Å²) in [6.07, 6.45) is 10.3. The number of fused-ring (bicyclic) bond motifs is 4. The topological polar surface area (TPSA) is 73.7 Å². The van der Waals surface area contributed by atoms with Crippen molar-refractivity contribution in [2.45, 2.75) is 86.6 Å². The van der Waals surface area contributed by atoms with Gasteiger partial charge in [-0.15, -0.1) is 0 Å². The van der Waals surface area contributed by atoms with Crippen molar-refractivity contribution in [2.24, 2.45) is 9.98 Å². The fourth-order valence-electron chi connectivity index (χ4n) is 8.59. The van der Waals surface area contributed by atoms with Crippen LogP contribution in [0.4, 0.5) is 0 Å². The van der Waals surface area contributed by atoms with E-state index in [1.165, 1.54) is 51.4 Å². The van der Waals surface area contributed by atoms with Gasteiger partial charge < -0.3 is 29.9 Å². The Morgan fingerprint density at radius 3 is 1.38 bits per heavy atom. The zero-order valence-electron chi connectivity index (χ0n) is 25.6. The molecule has 8 nitrogen and oxygen atoms in total. The monoisotopic (exact) mass is 570 g/mol. The molecule has 0 amide bonds. The maximum absolute atomic E-state index is 5.32. The highest BCUT2D eigenvalue weighted by atomic mass is 16.5. The van der Waals surface area contributed by atoms with Gasteiger partial charge in [-0.05, 0) is 89.7 Å². The third kappa shape index (κ3) is 5.06. The van der Waals surface area contributed by atoms with Crippen LogP contribution in [0.25, 0.3) is 0 Å². The van der Waals surface area contributed by atoms with Crippen molar-refractivity contribution in [3.63, 3.8) is 0 Å². The van der Waals surface area contributed by atoms with E-state index in [4.69, 9.17) is 19.5 Å². The maximum Gasteiger partial charge on any atom is 0.128 e. The van der Waals surface area contributed by atoms with Gasteiger partial charge in [0.2, 0.25) is 0 Å². The number of benzene rings is 2. The summed E-state index contributed by atoms with van der Waals surface area (Å²) in [6.45, 7) is 1.83. The lowest BCUT2D eigenvalue weighted by atomic mass is 9.83. The highest BCUT2D eigenvalue weighted by molar-refractivity contribution is 6.01. The quantitative estimate of drug-likeness (QED) is 0.577. The molecule has 2 aromatic rings. The van der Waals surface area contributed by atoms with Crippen LogP contribution in [0.2, 0.25) is 0 Å². The van der Waals surface area contributed by atoms with E-state index < -0.39 is 0 Å². The van der Waals surface area contributed by atoms with Gasteiger partial charge in [0.15, 0.2) is 0 Å². The zero-order valence-corrected chi connectivity index (χ0v) is 25.6. The van der Waals surface area contributed by atoms with E-state index in [2.05, 4.69) is 58.8 Å². The smallest absolute Gasteiger partial charge is 0.128 e. The standard InChI is InChI=1S/2C17H23N3O/c2*1-20-13-6-7-14(20)10-17(9-13)11-18-16(19-17)12-4-3-5-15(8-12)21-2/h2*3-5,8,13-14H,6-7,9-11H2,1-2H3,(H,18,19)/t2*13-,14+,17?. The maximum atomic E-state index is 5.32. The van der Waals surface area contributed by atoms with Gasteiger partial charge in [0.25, 0.3) is 0 Å². The van der Waals surface area contributed by atoms with Crippen LogP contribution in [-0.2, 0) is 0 Å². The highest BCUT2D eigenvalue weighted by Crippen LogP contribution is 2.42. The van der Waals surface area contributed by atoms with Crippen LogP contribution in [0.1, 0.15) is 62.5 Å². The largest absolute Gasteiger partial charge is 0.497 e. The molecule has 0 aromatic heterocycles. The lowest BCUT2D eigenvalue weighted by molar-refractivity contribution is 0.111. The fourth-order valence-corrected chi connectivity index (χ4v) is 8.59. The molecule has 42 heavy (non-hydrogen) atoms. The molecule has 0 saturated carbocycles. The average molecular weight is 571 g/mol. The Labute approximate surface area is 250 Å². The van der Waals surface area contributed by atoms with Gasteiger partial charge in [-0.2, -0.15) is 0 Å². The van der Waals surface area contributed by atoms with E-state index >= 15 is 0 Å². The number of hydrogen-bond donors (Lipinski definition) is 2. The predicted octanol–water partition coefficient (Wildman–Crippen LogP) is 4.08. The van der Waals surface area contributed by atoms with Crippen LogP contribution in [0.5, 0.6) is 11.5 Å². The van der Waals surface area contributed by atoms with E-state index in [1.807, 2.05) is 24.3 Å². The molecule has 6 aliphatic heterocycles. The summed E-state index contributed by atoms with van der Waals surface area (Å²) in [5.41, 5.74) is 2.66. The molecule has 6 heterocycles. The van der Waals surface area contributed by atoms with Crippen molar-refractivity contribution in [1.29, 1.82) is 0 Å². The molecule has 8 rings (SSSR count). The molecule has 4 saturated heterocycles. The predicted molar refractivity (Wildman–Crippen MR) is 168 cm³/mol. The number of amidine groups is 2. The second-order valence-corrected chi connectivity index (χ2v) is 13.5. The van der Waals surface area contributed by atoms with E-state index in [-0.39, 0.29) is 11.1 Å². The fraction of sp³-hybridized carbons (Fsp3) is 0.588. The second kappa shape index (κ2) is 10.9. The molecule has 2 aromatic carbocycles. The summed E-state index contributed by atoms with van der Waals surface area (Å²) >= 11 is 0. The highest BCUT2D eigenvalue weighted by Gasteiger charge is 2.50. The Hall–Kier alpha value is -3.10. The van der Waals surface area contributed by atoms with Crippen molar-refractivity contribution in [1.82, 2.24) is 20.4 Å². The molecule has 0 radical (unpaired) electrons. The SMILES string of the molecule is COc1cccc(C2=NCC3(C[C@H]4CC[C@@H](C3)N4C)N2)c1.COc1cccc(C2=NCC3(C[C@H]4CC[C@@H](C3)N4C)N2)c1. The summed E-state index contributed by atoms with van der Waals surface area (Å²) in [4.78, 5) is 14.8. The summed E-state index contributed by atoms with van der Waals surface area (Å²) in [6, 6.07) is 19.3. The Balaban J connectivity index is 0.000000137. The number of nitrogens with one attached hydrogen (secondary N) is 2. The summed E-state index contributed by atoms with van der Waals surface area (Å²) < 4.78 is 10.6. The number of aliphatic imine (C=N–C) groups is 2. The molecule has 6 aliphatic rings. The van der Waals surface area contributed by atoms with Crippen molar-refractivity contribution < 1.29 is 9.47 Å². The van der Waals surface area contributed by atoms with Gasteiger partial charge in [-0.1, -0.05) is 24.3 Å². The van der Waals surface area contributed by atoms with Crippen LogP contribution < -0.4 is 20.1 Å². The van der Waals surface area contributed by atoms with E-state index in [1.54, 1.807) is 14.2 Å². The summed E-state index contributed by atoms with van der Waals surface area (Å²) in [5.74, 6) is 3.86. The number of nitrogens with zero attached hydrogens (tertiary/aromatic N) is 4. The molecule has 2 spiro atoms. The van der Waals surface area contributed by atoms with Gasteiger partial charge in [0.05, 0.1) is 38.4 Å². The van der Waals surface area contributed by atoms with Gasteiger partial charge >= 0.3 is 0 Å². The Bertz CT molecular complexity index is 1240. The first-order valence-corrected chi connectivity index (χ1v) is 15.8. The normalized spacial score (nSPS) is 34.9. The van der Waals surface area contributed by atoms with Crippen LogP contribution in [-0.4, -0.2) is 98.1 Å². The molecule has 8 heteroatoms. The minimum atomic E-state index is 0.191. The molecule has 4 fully saturated rings. The van der Waals surface area contributed by atoms with Crippen molar-refractivity contribution in [2.75, 3.05) is 41.4 Å². The van der Waals surface area contributed by atoms with Gasteiger partial charge in [0.1, 0.15) is 23.2 Å². The van der Waals surface area contributed by atoms with Crippen LogP contribution in [0.15, 0.2) is 58.5 Å². The van der Waals surface area contributed by atoms with Gasteiger partial charge in [0, 0.05) is 35.3 Å².